The minimum Gasteiger partial charge on any atom is -0.497 e. The number of piperidine rings is 1. The van der Waals surface area contributed by atoms with Crippen LogP contribution in [0.2, 0.25) is 0 Å². The summed E-state index contributed by atoms with van der Waals surface area (Å²) in [6.45, 7) is 0.994. The van der Waals surface area contributed by atoms with Gasteiger partial charge < -0.3 is 19.5 Å². The smallest absolute Gasteiger partial charge is 0.264 e. The molecular weight excluding hydrogens is 478 g/mol. The van der Waals surface area contributed by atoms with Gasteiger partial charge in [-0.05, 0) is 60.3 Å². The van der Waals surface area contributed by atoms with Crippen LogP contribution in [0.15, 0.2) is 78.9 Å². The lowest BCUT2D eigenvalue weighted by Gasteiger charge is -2.39. The van der Waals surface area contributed by atoms with E-state index in [4.69, 9.17) is 18.4 Å². The molecule has 0 amide bonds. The number of nitrogens with one attached hydrogen (secondary N) is 1. The monoisotopic (exact) mass is 511 g/mol. The van der Waals surface area contributed by atoms with E-state index in [1.807, 2.05) is 78.9 Å². The van der Waals surface area contributed by atoms with Gasteiger partial charge in [-0.25, -0.2) is 0 Å². The van der Waals surface area contributed by atoms with Crippen LogP contribution in [0, 0.1) is 0 Å². The van der Waals surface area contributed by atoms with Crippen LogP contribution >= 0.6 is 0 Å². The predicted molar refractivity (Wildman–Crippen MR) is 139 cm³/mol. The summed E-state index contributed by atoms with van der Waals surface area (Å²) in [5.74, 6) is 1.48. The second kappa shape index (κ2) is 11.4. The lowest BCUT2D eigenvalue weighted by atomic mass is 9.80. The van der Waals surface area contributed by atoms with Crippen molar-refractivity contribution in [2.45, 2.75) is 30.6 Å². The van der Waals surface area contributed by atoms with Crippen molar-refractivity contribution in [3.8, 4) is 11.5 Å². The zero-order valence-electron chi connectivity index (χ0n) is 20.8. The van der Waals surface area contributed by atoms with E-state index in [-0.39, 0.29) is 12.6 Å². The predicted octanol–water partition coefficient (Wildman–Crippen LogP) is 4.11. The van der Waals surface area contributed by atoms with Gasteiger partial charge in [-0.1, -0.05) is 54.6 Å². The second-order valence-corrected chi connectivity index (χ2v) is 10.5. The van der Waals surface area contributed by atoms with Crippen molar-refractivity contribution in [1.82, 2.24) is 5.32 Å². The molecule has 36 heavy (non-hydrogen) atoms. The standard InChI is InChI=1S/C28H33NO6S/c1-32-24-15-11-22(12-16-24)28(21-8-5-4-6-9-21,23-13-17-25(33-2)18-14-23)34-20-26-27(10-7-19-29-26)35-36(3,30)31/h4-6,8-9,11-18,26-27,29H,7,10,19-20H2,1-3H3. The summed E-state index contributed by atoms with van der Waals surface area (Å²) in [5.41, 5.74) is 1.79. The third-order valence-corrected chi connectivity index (χ3v) is 7.07. The van der Waals surface area contributed by atoms with Crippen molar-refractivity contribution in [2.24, 2.45) is 0 Å². The molecule has 1 N–H and O–H groups in total. The highest BCUT2D eigenvalue weighted by atomic mass is 32.2. The van der Waals surface area contributed by atoms with E-state index in [1.165, 1.54) is 0 Å². The van der Waals surface area contributed by atoms with Crippen LogP contribution in [-0.4, -0.2) is 54.2 Å². The first-order valence-electron chi connectivity index (χ1n) is 12.0. The van der Waals surface area contributed by atoms with E-state index in [9.17, 15) is 8.42 Å². The van der Waals surface area contributed by atoms with Gasteiger partial charge in [-0.2, -0.15) is 8.42 Å². The van der Waals surface area contributed by atoms with E-state index in [2.05, 4.69) is 5.32 Å². The van der Waals surface area contributed by atoms with Crippen LogP contribution < -0.4 is 14.8 Å². The molecule has 8 heteroatoms. The van der Waals surface area contributed by atoms with Gasteiger partial charge in [-0.15, -0.1) is 0 Å². The Labute approximate surface area is 213 Å². The minimum absolute atomic E-state index is 0.229. The van der Waals surface area contributed by atoms with Crippen molar-refractivity contribution < 1.29 is 26.8 Å². The zero-order valence-corrected chi connectivity index (χ0v) is 21.7. The molecule has 1 aliphatic rings. The molecule has 7 nitrogen and oxygen atoms in total. The molecule has 0 aliphatic carbocycles. The fourth-order valence-corrected chi connectivity index (χ4v) is 5.40. The number of hydrogen-bond donors (Lipinski definition) is 1. The molecule has 4 rings (SSSR count). The Bertz CT molecular complexity index is 1170. The molecule has 2 atom stereocenters. The number of rotatable bonds is 10. The molecule has 0 spiro atoms. The van der Waals surface area contributed by atoms with Gasteiger partial charge in [0, 0.05) is 0 Å². The topological polar surface area (TPSA) is 83.1 Å². The van der Waals surface area contributed by atoms with E-state index in [1.54, 1.807) is 14.2 Å². The van der Waals surface area contributed by atoms with Crippen LogP contribution in [0.25, 0.3) is 0 Å². The van der Waals surface area contributed by atoms with Crippen molar-refractivity contribution >= 4 is 10.1 Å². The Kier molecular flexibility index (Phi) is 8.31. The second-order valence-electron chi connectivity index (χ2n) is 8.86. The molecule has 0 aromatic heterocycles. The van der Waals surface area contributed by atoms with Crippen LogP contribution in [0.5, 0.6) is 11.5 Å². The summed E-state index contributed by atoms with van der Waals surface area (Å²) in [7, 11) is -0.336. The van der Waals surface area contributed by atoms with Gasteiger partial charge in [0.2, 0.25) is 0 Å². The number of ether oxygens (including phenoxy) is 3. The fourth-order valence-electron chi connectivity index (χ4n) is 4.72. The highest BCUT2D eigenvalue weighted by molar-refractivity contribution is 7.86. The lowest BCUT2D eigenvalue weighted by molar-refractivity contribution is -0.0247. The van der Waals surface area contributed by atoms with Gasteiger partial charge in [0.25, 0.3) is 10.1 Å². The van der Waals surface area contributed by atoms with Crippen molar-refractivity contribution in [2.75, 3.05) is 33.6 Å². The maximum Gasteiger partial charge on any atom is 0.264 e. The first-order chi connectivity index (χ1) is 17.4. The highest BCUT2D eigenvalue weighted by Crippen LogP contribution is 2.42. The van der Waals surface area contributed by atoms with E-state index < -0.39 is 21.8 Å². The molecule has 0 radical (unpaired) electrons. The summed E-state index contributed by atoms with van der Waals surface area (Å²) in [6, 6.07) is 25.3. The fraction of sp³-hybridized carbons (Fsp3) is 0.357. The molecule has 1 fully saturated rings. The first-order valence-corrected chi connectivity index (χ1v) is 13.8. The summed E-state index contributed by atoms with van der Waals surface area (Å²) in [4.78, 5) is 0. The molecule has 2 unspecified atom stereocenters. The third-order valence-electron chi connectivity index (χ3n) is 6.47. The molecule has 3 aromatic carbocycles. The molecule has 0 saturated carbocycles. The Hall–Kier alpha value is -2.91. The Morgan fingerprint density at radius 1 is 0.833 bits per heavy atom. The average molecular weight is 512 g/mol. The van der Waals surface area contributed by atoms with Crippen molar-refractivity contribution in [3.63, 3.8) is 0 Å². The average Bonchev–Trinajstić information content (AvgIpc) is 2.90. The van der Waals surface area contributed by atoms with E-state index in [0.717, 1.165) is 47.4 Å². The van der Waals surface area contributed by atoms with Gasteiger partial charge in [0.15, 0.2) is 0 Å². The summed E-state index contributed by atoms with van der Waals surface area (Å²) in [6.07, 6.45) is 2.05. The van der Waals surface area contributed by atoms with Gasteiger partial charge in [0.05, 0.1) is 39.2 Å². The van der Waals surface area contributed by atoms with Gasteiger partial charge in [0.1, 0.15) is 17.1 Å². The van der Waals surface area contributed by atoms with Crippen LogP contribution in [0.4, 0.5) is 0 Å². The summed E-state index contributed by atoms with van der Waals surface area (Å²) < 4.78 is 47.0. The van der Waals surface area contributed by atoms with Crippen LogP contribution in [0.1, 0.15) is 29.5 Å². The number of methoxy groups -OCH3 is 2. The highest BCUT2D eigenvalue weighted by Gasteiger charge is 2.40. The molecule has 1 heterocycles. The molecule has 3 aromatic rings. The number of hydrogen-bond acceptors (Lipinski definition) is 7. The van der Waals surface area contributed by atoms with Gasteiger partial charge in [-0.3, -0.25) is 4.18 Å². The van der Waals surface area contributed by atoms with Crippen LogP contribution in [0.3, 0.4) is 0 Å². The Balaban J connectivity index is 1.80. The minimum atomic E-state index is -3.61. The van der Waals surface area contributed by atoms with Crippen LogP contribution in [-0.2, 0) is 24.6 Å². The molecule has 1 aliphatic heterocycles. The van der Waals surface area contributed by atoms with Crippen molar-refractivity contribution in [3.05, 3.63) is 95.6 Å². The maximum absolute atomic E-state index is 11.9. The normalized spacial score (nSPS) is 18.5. The van der Waals surface area contributed by atoms with Crippen molar-refractivity contribution in [1.29, 1.82) is 0 Å². The Morgan fingerprint density at radius 3 is 1.86 bits per heavy atom. The lowest BCUT2D eigenvalue weighted by Crippen LogP contribution is -2.51. The molecular formula is C28H33NO6S. The molecule has 192 valence electrons. The third kappa shape index (κ3) is 5.90. The largest absolute Gasteiger partial charge is 0.497 e. The maximum atomic E-state index is 11.9. The van der Waals surface area contributed by atoms with Gasteiger partial charge >= 0.3 is 0 Å². The summed E-state index contributed by atoms with van der Waals surface area (Å²) in [5, 5.41) is 3.40. The molecule has 1 saturated heterocycles. The van der Waals surface area contributed by atoms with E-state index >= 15 is 0 Å². The number of benzene rings is 3. The summed E-state index contributed by atoms with van der Waals surface area (Å²) >= 11 is 0. The molecule has 0 bridgehead atoms. The quantitative estimate of drug-likeness (QED) is 0.324. The Morgan fingerprint density at radius 2 is 1.36 bits per heavy atom. The SMILES string of the molecule is COc1ccc(C(OCC2NCCCC2OS(C)(=O)=O)(c2ccccc2)c2ccc(OC)cc2)cc1. The van der Waals surface area contributed by atoms with E-state index in [0.29, 0.717) is 6.42 Å². The first kappa shape index (κ1) is 26.2. The zero-order chi connectivity index (χ0) is 25.6.